The second-order valence-electron chi connectivity index (χ2n) is 8.81. The molecule has 0 saturated heterocycles. The Morgan fingerprint density at radius 1 is 0.952 bits per heavy atom. The number of hydrogen-bond donors (Lipinski definition) is 0. The van der Waals surface area contributed by atoms with E-state index in [0.717, 1.165) is 6.42 Å². The molecule has 0 aromatic carbocycles. The molecule has 0 aromatic heterocycles. The predicted octanol–water partition coefficient (Wildman–Crippen LogP) is 5.81. The minimum Gasteiger partial charge on any atom is -0.415 e. The molecule has 5 heteroatoms. The van der Waals surface area contributed by atoms with Crippen molar-refractivity contribution in [3.63, 3.8) is 0 Å². The van der Waals surface area contributed by atoms with Gasteiger partial charge in [0.15, 0.2) is 8.32 Å². The van der Waals surface area contributed by atoms with Gasteiger partial charge in [0.25, 0.3) is 0 Å². The van der Waals surface area contributed by atoms with Gasteiger partial charge < -0.3 is 8.85 Å². The maximum absolute atomic E-state index is 6.82. The molecule has 0 aliphatic heterocycles. The largest absolute Gasteiger partial charge is 0.415 e. The van der Waals surface area contributed by atoms with Crippen molar-refractivity contribution in [2.75, 3.05) is 0 Å². The molecule has 2 atom stereocenters. The molecule has 0 aliphatic carbocycles. The first-order valence-corrected chi connectivity index (χ1v) is 18.2. The molecule has 0 amide bonds. The molecule has 0 fully saturated rings. The van der Waals surface area contributed by atoms with E-state index in [9.17, 15) is 0 Å². The number of rotatable bonds is 9. The van der Waals surface area contributed by atoms with Crippen LogP contribution in [-0.4, -0.2) is 35.7 Å². The first-order chi connectivity index (χ1) is 9.21. The minimum absolute atomic E-state index is 0.0524. The van der Waals surface area contributed by atoms with Gasteiger partial charge in [-0.05, 0) is 52.5 Å². The van der Waals surface area contributed by atoms with E-state index in [1.807, 2.05) is 0 Å². The molecule has 0 spiro atoms. The molecule has 0 heterocycles. The summed E-state index contributed by atoms with van der Waals surface area (Å²) >= 11 is 0. The highest BCUT2D eigenvalue weighted by molar-refractivity contribution is 6.81. The molecule has 2 unspecified atom stereocenters. The Labute approximate surface area is 137 Å². The van der Waals surface area contributed by atoms with Crippen LogP contribution < -0.4 is 0 Å². The van der Waals surface area contributed by atoms with Crippen LogP contribution in [0.15, 0.2) is 0 Å². The van der Waals surface area contributed by atoms with Crippen LogP contribution >= 0.6 is 0 Å². The Morgan fingerprint density at radius 2 is 1.43 bits per heavy atom. The van der Waals surface area contributed by atoms with E-state index in [1.54, 1.807) is 0 Å². The monoisotopic (exact) mass is 348 g/mol. The van der Waals surface area contributed by atoms with E-state index in [1.165, 1.54) is 12.5 Å². The van der Waals surface area contributed by atoms with Crippen LogP contribution in [0.1, 0.15) is 40.5 Å². The highest BCUT2D eigenvalue weighted by atomic mass is 28.4. The Hall–Kier alpha value is 0.571. The molecule has 0 aromatic rings. The standard InChI is InChI=1S/C16H40O2Si3/c1-12-14-20(8,9)17-15(3)21(10,11)18-16(4,13-2)19(5,6)7/h15H,12-14H2,1-11H3. The summed E-state index contributed by atoms with van der Waals surface area (Å²) in [6.45, 7) is 25.7. The summed E-state index contributed by atoms with van der Waals surface area (Å²) < 4.78 is 13.4. The van der Waals surface area contributed by atoms with E-state index in [0.29, 0.717) is 0 Å². The summed E-state index contributed by atoms with van der Waals surface area (Å²) in [5.74, 6) is 0. The Bertz CT molecular complexity index is 324. The summed E-state index contributed by atoms with van der Waals surface area (Å²) in [5, 5.41) is 0.0524. The average molecular weight is 349 g/mol. The summed E-state index contributed by atoms with van der Waals surface area (Å²) in [5.41, 5.74) is 0.271. The van der Waals surface area contributed by atoms with Crippen molar-refractivity contribution in [2.45, 2.75) is 103 Å². The van der Waals surface area contributed by atoms with Crippen molar-refractivity contribution in [1.82, 2.24) is 0 Å². The van der Waals surface area contributed by atoms with Crippen molar-refractivity contribution in [3.05, 3.63) is 0 Å². The third-order valence-electron chi connectivity index (χ3n) is 5.08. The van der Waals surface area contributed by atoms with E-state index in [-0.39, 0.29) is 11.0 Å². The lowest BCUT2D eigenvalue weighted by Gasteiger charge is -2.47. The summed E-state index contributed by atoms with van der Waals surface area (Å²) in [7, 11) is -4.78. The molecule has 0 N–H and O–H groups in total. The molecule has 21 heavy (non-hydrogen) atoms. The second kappa shape index (κ2) is 7.43. The number of hydrogen-bond acceptors (Lipinski definition) is 2. The third kappa shape index (κ3) is 6.29. The lowest BCUT2D eigenvalue weighted by molar-refractivity contribution is 0.124. The van der Waals surface area contributed by atoms with Crippen molar-refractivity contribution in [1.29, 1.82) is 0 Å². The van der Waals surface area contributed by atoms with E-state index in [2.05, 4.69) is 73.5 Å². The van der Waals surface area contributed by atoms with Crippen LogP contribution in [0.2, 0.25) is 51.9 Å². The van der Waals surface area contributed by atoms with Crippen LogP contribution in [0.3, 0.4) is 0 Å². The van der Waals surface area contributed by atoms with Gasteiger partial charge in [0.1, 0.15) is 0 Å². The fourth-order valence-corrected chi connectivity index (χ4v) is 11.6. The second-order valence-corrected chi connectivity index (χ2v) is 22.8. The lowest BCUT2D eigenvalue weighted by atomic mass is 10.3. The summed E-state index contributed by atoms with van der Waals surface area (Å²) in [6, 6.07) is 1.24. The van der Waals surface area contributed by atoms with Crippen LogP contribution in [0, 0.1) is 0 Å². The van der Waals surface area contributed by atoms with Gasteiger partial charge in [-0.1, -0.05) is 39.9 Å². The highest BCUT2D eigenvalue weighted by Gasteiger charge is 2.46. The highest BCUT2D eigenvalue weighted by Crippen LogP contribution is 2.33. The quantitative estimate of drug-likeness (QED) is 0.489. The average Bonchev–Trinajstić information content (AvgIpc) is 2.25. The topological polar surface area (TPSA) is 18.5 Å². The fourth-order valence-electron chi connectivity index (χ4n) is 2.70. The first kappa shape index (κ1) is 21.6. The maximum Gasteiger partial charge on any atom is 0.213 e. The third-order valence-corrected chi connectivity index (χ3v) is 14.9. The van der Waals surface area contributed by atoms with Gasteiger partial charge in [0.2, 0.25) is 8.32 Å². The van der Waals surface area contributed by atoms with E-state index >= 15 is 0 Å². The lowest BCUT2D eigenvalue weighted by Crippen LogP contribution is -2.61. The van der Waals surface area contributed by atoms with Gasteiger partial charge in [0.05, 0.1) is 13.8 Å². The van der Waals surface area contributed by atoms with Gasteiger partial charge in [-0.15, -0.1) is 0 Å². The normalized spacial score (nSPS) is 18.4. The van der Waals surface area contributed by atoms with Crippen molar-refractivity contribution >= 4 is 24.7 Å². The first-order valence-electron chi connectivity index (χ1n) is 8.59. The Morgan fingerprint density at radius 3 is 1.76 bits per heavy atom. The van der Waals surface area contributed by atoms with Crippen molar-refractivity contribution in [3.8, 4) is 0 Å². The summed E-state index contributed by atoms with van der Waals surface area (Å²) in [4.78, 5) is 0. The predicted molar refractivity (Wildman–Crippen MR) is 104 cm³/mol. The van der Waals surface area contributed by atoms with Gasteiger partial charge in [0, 0.05) is 5.22 Å². The zero-order valence-corrected chi connectivity index (χ0v) is 19.5. The van der Waals surface area contributed by atoms with E-state index < -0.39 is 24.7 Å². The fraction of sp³-hybridized carbons (Fsp3) is 1.00. The zero-order chi connectivity index (χ0) is 17.1. The molecular weight excluding hydrogens is 308 g/mol. The minimum atomic E-state index is -1.86. The van der Waals surface area contributed by atoms with Gasteiger partial charge in [-0.25, -0.2) is 0 Å². The summed E-state index contributed by atoms with van der Waals surface area (Å²) in [6.07, 6.45) is 2.32. The molecule has 0 aliphatic rings. The Kier molecular flexibility index (Phi) is 7.63. The molecule has 0 bridgehead atoms. The Balaban J connectivity index is 5.04. The molecule has 2 nitrogen and oxygen atoms in total. The van der Waals surface area contributed by atoms with E-state index in [4.69, 9.17) is 8.85 Å². The SMILES string of the molecule is CCC[Si](C)(C)OC(C)[Si](C)(C)OC(C)(CC)[Si](C)(C)C. The van der Waals surface area contributed by atoms with Crippen molar-refractivity contribution < 1.29 is 8.85 Å². The van der Waals surface area contributed by atoms with Crippen molar-refractivity contribution in [2.24, 2.45) is 0 Å². The van der Waals surface area contributed by atoms with Gasteiger partial charge >= 0.3 is 0 Å². The van der Waals surface area contributed by atoms with Gasteiger partial charge in [-0.3, -0.25) is 0 Å². The molecular formula is C16H40O2Si3. The molecule has 0 saturated carbocycles. The smallest absolute Gasteiger partial charge is 0.213 e. The zero-order valence-electron chi connectivity index (χ0n) is 16.5. The maximum atomic E-state index is 6.82. The molecule has 128 valence electrons. The van der Waals surface area contributed by atoms with Crippen LogP contribution in [0.25, 0.3) is 0 Å². The van der Waals surface area contributed by atoms with Crippen LogP contribution in [-0.2, 0) is 8.85 Å². The van der Waals surface area contributed by atoms with Crippen LogP contribution in [0.4, 0.5) is 0 Å². The molecule has 0 rings (SSSR count). The molecule has 0 radical (unpaired) electrons. The van der Waals surface area contributed by atoms with Crippen LogP contribution in [0.5, 0.6) is 0 Å². The van der Waals surface area contributed by atoms with Gasteiger partial charge in [-0.2, -0.15) is 0 Å².